The molecule has 1 N–H and O–H groups in total. The second-order valence-electron chi connectivity index (χ2n) is 6.80. The Hall–Kier alpha value is -0.770. The van der Waals surface area contributed by atoms with Gasteiger partial charge in [0.1, 0.15) is 5.25 Å². The molecule has 0 saturated carbocycles. The Morgan fingerprint density at radius 1 is 0.840 bits per heavy atom. The van der Waals surface area contributed by atoms with Gasteiger partial charge in [-0.2, -0.15) is 0 Å². The summed E-state index contributed by atoms with van der Waals surface area (Å²) in [5, 5.41) is 8.13. The predicted octanol–water partition coefficient (Wildman–Crippen LogP) is 6.76. The maximum absolute atomic E-state index is 11.6. The third kappa shape index (κ3) is 17.8. The van der Waals surface area contributed by atoms with E-state index >= 15 is 0 Å². The highest BCUT2D eigenvalue weighted by atomic mass is 32.2. The second kappa shape index (κ2) is 18.0. The molecule has 25 heavy (non-hydrogen) atoms. The van der Waals surface area contributed by atoms with Gasteiger partial charge in [0, 0.05) is 6.42 Å². The zero-order valence-corrected chi connectivity index (χ0v) is 17.1. The summed E-state index contributed by atoms with van der Waals surface area (Å²) in [6.07, 6.45) is 21.3. The average molecular weight is 371 g/mol. The SMILES string of the molecule is CCCCCCCC/C=C\CCCCCCCC(=O)SC(C)C(=O)O. The molecule has 0 aliphatic heterocycles. The molecule has 0 saturated heterocycles. The number of aliphatic carboxylic acids is 1. The van der Waals surface area contributed by atoms with Crippen molar-refractivity contribution in [2.45, 2.75) is 109 Å². The van der Waals surface area contributed by atoms with Gasteiger partial charge in [0.25, 0.3) is 0 Å². The summed E-state index contributed by atoms with van der Waals surface area (Å²) in [5.74, 6) is -0.914. The van der Waals surface area contributed by atoms with Crippen LogP contribution in [0.3, 0.4) is 0 Å². The Morgan fingerprint density at radius 3 is 1.84 bits per heavy atom. The van der Waals surface area contributed by atoms with Crippen LogP contribution in [0.15, 0.2) is 12.2 Å². The van der Waals surface area contributed by atoms with Crippen LogP contribution in [0.1, 0.15) is 104 Å². The number of thioether (sulfide) groups is 1. The van der Waals surface area contributed by atoms with E-state index in [1.807, 2.05) is 0 Å². The van der Waals surface area contributed by atoms with E-state index in [1.54, 1.807) is 6.92 Å². The summed E-state index contributed by atoms with van der Waals surface area (Å²) >= 11 is 0.947. The van der Waals surface area contributed by atoms with E-state index in [4.69, 9.17) is 5.11 Å². The molecule has 0 aliphatic rings. The first-order valence-corrected chi connectivity index (χ1v) is 11.0. The zero-order chi connectivity index (χ0) is 18.8. The molecule has 4 heteroatoms. The molecule has 0 fully saturated rings. The van der Waals surface area contributed by atoms with Crippen molar-refractivity contribution in [1.29, 1.82) is 0 Å². The van der Waals surface area contributed by atoms with Crippen molar-refractivity contribution in [1.82, 2.24) is 0 Å². The average Bonchev–Trinajstić information content (AvgIpc) is 2.58. The smallest absolute Gasteiger partial charge is 0.316 e. The van der Waals surface area contributed by atoms with E-state index in [0.717, 1.165) is 31.0 Å². The van der Waals surface area contributed by atoms with Gasteiger partial charge in [-0.1, -0.05) is 82.2 Å². The van der Waals surface area contributed by atoms with E-state index in [-0.39, 0.29) is 5.12 Å². The fraction of sp³-hybridized carbons (Fsp3) is 0.810. The topological polar surface area (TPSA) is 54.4 Å². The number of carbonyl (C=O) groups is 2. The molecule has 0 rings (SSSR count). The number of hydrogen-bond acceptors (Lipinski definition) is 3. The van der Waals surface area contributed by atoms with Crippen molar-refractivity contribution < 1.29 is 14.7 Å². The molecular weight excluding hydrogens is 332 g/mol. The highest BCUT2D eigenvalue weighted by Crippen LogP contribution is 2.17. The van der Waals surface area contributed by atoms with Crippen LogP contribution in [0.25, 0.3) is 0 Å². The third-order valence-corrected chi connectivity index (χ3v) is 5.32. The molecule has 3 nitrogen and oxygen atoms in total. The first kappa shape index (κ1) is 24.2. The maximum Gasteiger partial charge on any atom is 0.316 e. The molecule has 0 aromatic rings. The van der Waals surface area contributed by atoms with Crippen LogP contribution >= 0.6 is 11.8 Å². The van der Waals surface area contributed by atoms with Crippen LogP contribution in [-0.2, 0) is 9.59 Å². The Balaban J connectivity index is 3.29. The first-order valence-electron chi connectivity index (χ1n) is 10.1. The van der Waals surface area contributed by atoms with Gasteiger partial charge in [0.15, 0.2) is 5.12 Å². The molecule has 0 aliphatic carbocycles. The molecule has 0 aromatic heterocycles. The Bertz CT molecular complexity index is 366. The Kier molecular flexibility index (Phi) is 17.5. The van der Waals surface area contributed by atoms with E-state index in [1.165, 1.54) is 64.2 Å². The molecule has 1 unspecified atom stereocenters. The highest BCUT2D eigenvalue weighted by Gasteiger charge is 2.15. The van der Waals surface area contributed by atoms with Gasteiger partial charge < -0.3 is 5.11 Å². The van der Waals surface area contributed by atoms with Crippen LogP contribution in [0.4, 0.5) is 0 Å². The molecule has 0 spiro atoms. The number of carboxylic acid groups (broad SMARTS) is 1. The third-order valence-electron chi connectivity index (χ3n) is 4.30. The second-order valence-corrected chi connectivity index (χ2v) is 8.20. The van der Waals surface area contributed by atoms with Gasteiger partial charge in [-0.15, -0.1) is 0 Å². The lowest BCUT2D eigenvalue weighted by atomic mass is 10.1. The van der Waals surface area contributed by atoms with Crippen molar-refractivity contribution in [3.8, 4) is 0 Å². The van der Waals surface area contributed by atoms with Gasteiger partial charge >= 0.3 is 5.97 Å². The lowest BCUT2D eigenvalue weighted by molar-refractivity contribution is -0.136. The van der Waals surface area contributed by atoms with Crippen LogP contribution < -0.4 is 0 Å². The summed E-state index contributed by atoms with van der Waals surface area (Å²) in [7, 11) is 0. The number of carboxylic acids is 1. The molecule has 146 valence electrons. The minimum absolute atomic E-state index is 0.00697. The Labute approximate surface area is 159 Å². The number of rotatable bonds is 17. The van der Waals surface area contributed by atoms with Crippen molar-refractivity contribution in [2.24, 2.45) is 0 Å². The van der Waals surface area contributed by atoms with Gasteiger partial charge in [0.05, 0.1) is 0 Å². The summed E-state index contributed by atoms with van der Waals surface area (Å²) in [5.41, 5.74) is 0. The molecule has 0 heterocycles. The number of allylic oxidation sites excluding steroid dienone is 2. The van der Waals surface area contributed by atoms with Gasteiger partial charge in [-0.25, -0.2) is 0 Å². The number of unbranched alkanes of at least 4 members (excludes halogenated alkanes) is 11. The molecular formula is C21H38O3S. The standard InChI is InChI=1S/C21H38O3S/c1-3-4-5-6-7-8-9-10-11-12-13-14-15-16-17-18-20(22)25-19(2)21(23)24/h10-11,19H,3-9,12-18H2,1-2H3,(H,23,24)/b11-10-. The first-order chi connectivity index (χ1) is 12.1. The van der Waals surface area contributed by atoms with E-state index in [0.29, 0.717) is 6.42 Å². The predicted molar refractivity (Wildman–Crippen MR) is 109 cm³/mol. The van der Waals surface area contributed by atoms with Crippen LogP contribution in [-0.4, -0.2) is 21.4 Å². The molecule has 0 amide bonds. The zero-order valence-electron chi connectivity index (χ0n) is 16.3. The molecule has 0 bridgehead atoms. The van der Waals surface area contributed by atoms with Crippen molar-refractivity contribution in [3.63, 3.8) is 0 Å². The van der Waals surface area contributed by atoms with E-state index < -0.39 is 11.2 Å². The van der Waals surface area contributed by atoms with Crippen LogP contribution in [0.5, 0.6) is 0 Å². The van der Waals surface area contributed by atoms with Crippen molar-refractivity contribution in [3.05, 3.63) is 12.2 Å². The summed E-state index contributed by atoms with van der Waals surface area (Å²) in [4.78, 5) is 22.3. The minimum atomic E-state index is -0.914. The molecule has 1 atom stereocenters. The normalized spacial score (nSPS) is 12.6. The van der Waals surface area contributed by atoms with Crippen LogP contribution in [0.2, 0.25) is 0 Å². The number of hydrogen-bond donors (Lipinski definition) is 1. The van der Waals surface area contributed by atoms with Gasteiger partial charge in [-0.3, -0.25) is 9.59 Å². The van der Waals surface area contributed by atoms with Crippen molar-refractivity contribution >= 4 is 22.8 Å². The fourth-order valence-electron chi connectivity index (χ4n) is 2.65. The largest absolute Gasteiger partial charge is 0.480 e. The fourth-order valence-corrected chi connectivity index (χ4v) is 3.40. The highest BCUT2D eigenvalue weighted by molar-refractivity contribution is 8.14. The van der Waals surface area contributed by atoms with Crippen LogP contribution in [0, 0.1) is 0 Å². The minimum Gasteiger partial charge on any atom is -0.480 e. The summed E-state index contributed by atoms with van der Waals surface area (Å²) in [6.45, 7) is 3.81. The lowest BCUT2D eigenvalue weighted by Gasteiger charge is -2.04. The van der Waals surface area contributed by atoms with Crippen molar-refractivity contribution in [2.75, 3.05) is 0 Å². The monoisotopic (exact) mass is 370 g/mol. The van der Waals surface area contributed by atoms with Gasteiger partial charge in [0.2, 0.25) is 0 Å². The Morgan fingerprint density at radius 2 is 1.32 bits per heavy atom. The number of carbonyl (C=O) groups excluding carboxylic acids is 1. The van der Waals surface area contributed by atoms with Gasteiger partial charge in [-0.05, 0) is 39.0 Å². The maximum atomic E-state index is 11.6. The molecule has 0 radical (unpaired) electrons. The summed E-state index contributed by atoms with van der Waals surface area (Å²) in [6, 6.07) is 0. The lowest BCUT2D eigenvalue weighted by Crippen LogP contribution is -2.14. The summed E-state index contributed by atoms with van der Waals surface area (Å²) < 4.78 is 0. The van der Waals surface area contributed by atoms with E-state index in [9.17, 15) is 9.59 Å². The molecule has 0 aromatic carbocycles. The van der Waals surface area contributed by atoms with E-state index in [2.05, 4.69) is 19.1 Å². The quantitative estimate of drug-likeness (QED) is 0.227.